The molecule has 0 aliphatic heterocycles. The second-order valence-corrected chi connectivity index (χ2v) is 9.84. The van der Waals surface area contributed by atoms with Crippen LogP contribution in [0.2, 0.25) is 0 Å². The molecule has 0 amide bonds. The van der Waals surface area contributed by atoms with Gasteiger partial charge in [0.2, 0.25) is 0 Å². The maximum Gasteiger partial charge on any atom is 0.311 e. The van der Waals surface area contributed by atoms with Crippen LogP contribution < -0.4 is 4.74 Å². The van der Waals surface area contributed by atoms with Crippen LogP contribution in [0.25, 0.3) is 0 Å². The fourth-order valence-corrected chi connectivity index (χ4v) is 4.14. The Bertz CT molecular complexity index is 653. The Balaban J connectivity index is 1.91. The first-order valence-corrected chi connectivity index (χ1v) is 14.0. The van der Waals surface area contributed by atoms with Crippen LogP contribution in [0, 0.1) is 0 Å². The lowest BCUT2D eigenvalue weighted by Gasteiger charge is -2.12. The van der Waals surface area contributed by atoms with E-state index >= 15 is 0 Å². The van der Waals surface area contributed by atoms with Gasteiger partial charge in [0.25, 0.3) is 0 Å². The molecule has 4 nitrogen and oxygen atoms in total. The molecular formula is C30H50O4. The van der Waals surface area contributed by atoms with Crippen LogP contribution in [-0.2, 0) is 14.3 Å². The Morgan fingerprint density at radius 2 is 1.18 bits per heavy atom. The van der Waals surface area contributed by atoms with Crippen molar-refractivity contribution >= 4 is 11.9 Å². The SMILES string of the molecule is CCCCCCCCCCCOC(=O)CCCCCCCCC(=O)Oc1ccccc1C(C)C. The Hall–Kier alpha value is -1.84. The maximum atomic E-state index is 12.1. The summed E-state index contributed by atoms with van der Waals surface area (Å²) in [6, 6.07) is 7.76. The van der Waals surface area contributed by atoms with Crippen molar-refractivity contribution in [3.05, 3.63) is 29.8 Å². The first-order valence-electron chi connectivity index (χ1n) is 14.0. The molecule has 0 aliphatic rings. The fraction of sp³-hybridized carbons (Fsp3) is 0.733. The second-order valence-electron chi connectivity index (χ2n) is 9.84. The summed E-state index contributed by atoms with van der Waals surface area (Å²) in [5.74, 6) is 0.815. The summed E-state index contributed by atoms with van der Waals surface area (Å²) in [5, 5.41) is 0. The van der Waals surface area contributed by atoms with Crippen LogP contribution in [0.3, 0.4) is 0 Å². The highest BCUT2D eigenvalue weighted by Crippen LogP contribution is 2.26. The molecule has 0 heterocycles. The van der Waals surface area contributed by atoms with Crippen molar-refractivity contribution < 1.29 is 19.1 Å². The zero-order chi connectivity index (χ0) is 24.9. The molecule has 34 heavy (non-hydrogen) atoms. The minimum Gasteiger partial charge on any atom is -0.466 e. The fourth-order valence-electron chi connectivity index (χ4n) is 4.14. The van der Waals surface area contributed by atoms with Gasteiger partial charge in [-0.05, 0) is 36.8 Å². The Morgan fingerprint density at radius 3 is 1.76 bits per heavy atom. The van der Waals surface area contributed by atoms with Crippen LogP contribution in [0.15, 0.2) is 24.3 Å². The molecular weight excluding hydrogens is 424 g/mol. The number of carbonyl (C=O) groups excluding carboxylic acids is 2. The van der Waals surface area contributed by atoms with E-state index < -0.39 is 0 Å². The standard InChI is InChI=1S/C30H50O4/c1-4-5-6-7-8-9-12-15-20-25-33-29(31)23-16-13-10-11-14-17-24-30(32)34-28-22-19-18-21-27(28)26(2)3/h18-19,21-22,26H,4-17,20,23-25H2,1-3H3. The van der Waals surface area contributed by atoms with Gasteiger partial charge < -0.3 is 9.47 Å². The zero-order valence-corrected chi connectivity index (χ0v) is 22.2. The normalized spacial score (nSPS) is 11.1. The largest absolute Gasteiger partial charge is 0.466 e. The predicted molar refractivity (Wildman–Crippen MR) is 141 cm³/mol. The van der Waals surface area contributed by atoms with E-state index in [0.717, 1.165) is 50.5 Å². The molecule has 0 saturated heterocycles. The Morgan fingerprint density at radius 1 is 0.676 bits per heavy atom. The summed E-state index contributed by atoms with van der Waals surface area (Å²) in [5.41, 5.74) is 1.07. The molecule has 4 heteroatoms. The highest BCUT2D eigenvalue weighted by Gasteiger charge is 2.11. The lowest BCUT2D eigenvalue weighted by Crippen LogP contribution is -2.09. The molecule has 0 bridgehead atoms. The molecule has 0 aliphatic carbocycles. The van der Waals surface area contributed by atoms with Gasteiger partial charge in [-0.2, -0.15) is 0 Å². The van der Waals surface area contributed by atoms with Gasteiger partial charge in [0, 0.05) is 12.8 Å². The molecule has 1 aromatic rings. The third kappa shape index (κ3) is 15.9. The topological polar surface area (TPSA) is 52.6 Å². The lowest BCUT2D eigenvalue weighted by atomic mass is 10.0. The number of hydrogen-bond acceptors (Lipinski definition) is 4. The van der Waals surface area contributed by atoms with Crippen molar-refractivity contribution in [3.8, 4) is 5.75 Å². The molecule has 1 aromatic carbocycles. The van der Waals surface area contributed by atoms with Gasteiger partial charge in [-0.3, -0.25) is 9.59 Å². The predicted octanol–water partition coefficient (Wildman–Crippen LogP) is 8.91. The number of carbonyl (C=O) groups is 2. The van der Waals surface area contributed by atoms with E-state index in [4.69, 9.17) is 9.47 Å². The Labute approximate surface area is 209 Å². The summed E-state index contributed by atoms with van der Waals surface area (Å²) in [4.78, 5) is 24.0. The van der Waals surface area contributed by atoms with Gasteiger partial charge in [0.15, 0.2) is 0 Å². The first kappa shape index (κ1) is 30.2. The summed E-state index contributed by atoms with van der Waals surface area (Å²) in [7, 11) is 0. The summed E-state index contributed by atoms with van der Waals surface area (Å²) in [6.45, 7) is 7.03. The van der Waals surface area contributed by atoms with E-state index in [1.54, 1.807) is 0 Å². The van der Waals surface area contributed by atoms with Crippen molar-refractivity contribution in [1.29, 1.82) is 0 Å². The van der Waals surface area contributed by atoms with Crippen molar-refractivity contribution in [2.45, 2.75) is 136 Å². The maximum absolute atomic E-state index is 12.1. The molecule has 0 unspecified atom stereocenters. The molecule has 0 aromatic heterocycles. The number of unbranched alkanes of at least 4 members (excludes halogenated alkanes) is 13. The zero-order valence-electron chi connectivity index (χ0n) is 22.2. The van der Waals surface area contributed by atoms with Gasteiger partial charge >= 0.3 is 11.9 Å². The molecule has 0 radical (unpaired) electrons. The third-order valence-electron chi connectivity index (χ3n) is 6.29. The quantitative estimate of drug-likeness (QED) is 0.101. The first-order chi connectivity index (χ1) is 16.5. The monoisotopic (exact) mass is 474 g/mol. The van der Waals surface area contributed by atoms with Crippen molar-refractivity contribution in [1.82, 2.24) is 0 Å². The second kappa shape index (κ2) is 20.5. The summed E-state index contributed by atoms with van der Waals surface area (Å²) < 4.78 is 10.9. The number of rotatable bonds is 21. The van der Waals surface area contributed by atoms with E-state index in [2.05, 4.69) is 20.8 Å². The number of ether oxygens (including phenoxy) is 2. The van der Waals surface area contributed by atoms with Gasteiger partial charge in [-0.15, -0.1) is 0 Å². The highest BCUT2D eigenvalue weighted by atomic mass is 16.5. The van der Waals surface area contributed by atoms with Crippen molar-refractivity contribution in [3.63, 3.8) is 0 Å². The van der Waals surface area contributed by atoms with Crippen molar-refractivity contribution in [2.24, 2.45) is 0 Å². The number of benzene rings is 1. The van der Waals surface area contributed by atoms with E-state index in [9.17, 15) is 9.59 Å². The van der Waals surface area contributed by atoms with Gasteiger partial charge in [0.05, 0.1) is 6.61 Å². The molecule has 0 spiro atoms. The molecule has 1 rings (SSSR count). The molecule has 0 atom stereocenters. The Kier molecular flexibility index (Phi) is 18.2. The van der Waals surface area contributed by atoms with Crippen LogP contribution in [-0.4, -0.2) is 18.5 Å². The highest BCUT2D eigenvalue weighted by molar-refractivity contribution is 5.72. The molecule has 0 fully saturated rings. The van der Waals surface area contributed by atoms with E-state index in [0.29, 0.717) is 31.1 Å². The number of para-hydroxylation sites is 1. The summed E-state index contributed by atoms with van der Waals surface area (Å²) in [6.07, 6.45) is 18.4. The van der Waals surface area contributed by atoms with Gasteiger partial charge in [0.1, 0.15) is 5.75 Å². The average Bonchev–Trinajstić information content (AvgIpc) is 2.82. The molecule has 0 N–H and O–H groups in total. The molecule has 0 saturated carbocycles. The average molecular weight is 475 g/mol. The van der Waals surface area contributed by atoms with Crippen LogP contribution in [0.4, 0.5) is 0 Å². The van der Waals surface area contributed by atoms with Crippen molar-refractivity contribution in [2.75, 3.05) is 6.61 Å². The smallest absolute Gasteiger partial charge is 0.311 e. The minimum atomic E-state index is -0.150. The number of hydrogen-bond donors (Lipinski definition) is 0. The van der Waals surface area contributed by atoms with Crippen LogP contribution >= 0.6 is 0 Å². The van der Waals surface area contributed by atoms with E-state index in [-0.39, 0.29) is 11.9 Å². The van der Waals surface area contributed by atoms with E-state index in [1.807, 2.05) is 24.3 Å². The minimum absolute atomic E-state index is 0.0519. The van der Waals surface area contributed by atoms with Gasteiger partial charge in [-0.25, -0.2) is 0 Å². The van der Waals surface area contributed by atoms with Gasteiger partial charge in [-0.1, -0.05) is 116 Å². The van der Waals surface area contributed by atoms with E-state index in [1.165, 1.54) is 51.4 Å². The third-order valence-corrected chi connectivity index (χ3v) is 6.29. The van der Waals surface area contributed by atoms with Crippen LogP contribution in [0.1, 0.15) is 141 Å². The lowest BCUT2D eigenvalue weighted by molar-refractivity contribution is -0.144. The number of esters is 2. The molecule has 194 valence electrons. The van der Waals surface area contributed by atoms with Crippen LogP contribution in [0.5, 0.6) is 5.75 Å². The summed E-state index contributed by atoms with van der Waals surface area (Å²) >= 11 is 0.